The van der Waals surface area contributed by atoms with Gasteiger partial charge in [0.15, 0.2) is 0 Å². The smallest absolute Gasteiger partial charge is 0.0346 e. The highest BCUT2D eigenvalue weighted by Crippen LogP contribution is 2.33. The Hall–Kier alpha value is -1.41. The fourth-order valence-corrected chi connectivity index (χ4v) is 3.17. The molecule has 1 aromatic carbocycles. The minimum absolute atomic E-state index is 0.131. The van der Waals surface area contributed by atoms with Gasteiger partial charge in [-0.2, -0.15) is 0 Å². The first-order valence-corrected chi connectivity index (χ1v) is 6.93. The van der Waals surface area contributed by atoms with E-state index < -0.39 is 0 Å². The molecule has 0 bridgehead atoms. The minimum Gasteiger partial charge on any atom is -0.324 e. The van der Waals surface area contributed by atoms with Gasteiger partial charge < -0.3 is 5.73 Å². The number of fused-ring (bicyclic) bond motifs is 1. The molecular formula is C16H20N2. The number of hydrogen-bond donors (Lipinski definition) is 1. The van der Waals surface area contributed by atoms with Crippen LogP contribution in [-0.4, -0.2) is 4.98 Å². The van der Waals surface area contributed by atoms with Gasteiger partial charge >= 0.3 is 0 Å². The van der Waals surface area contributed by atoms with Crippen LogP contribution in [0.25, 0.3) is 10.8 Å². The zero-order valence-electron chi connectivity index (χ0n) is 10.7. The molecule has 2 nitrogen and oxygen atoms in total. The summed E-state index contributed by atoms with van der Waals surface area (Å²) in [6, 6.07) is 8.52. The highest BCUT2D eigenvalue weighted by molar-refractivity contribution is 5.85. The second kappa shape index (κ2) is 5.07. The molecule has 2 N–H and O–H groups in total. The van der Waals surface area contributed by atoms with Crippen LogP contribution in [0.4, 0.5) is 0 Å². The highest BCUT2D eigenvalue weighted by atomic mass is 14.7. The fraction of sp³-hybridized carbons (Fsp3) is 0.438. The quantitative estimate of drug-likeness (QED) is 0.886. The molecule has 1 fully saturated rings. The maximum absolute atomic E-state index is 6.40. The van der Waals surface area contributed by atoms with Crippen LogP contribution in [0.1, 0.15) is 43.7 Å². The molecule has 1 aliphatic rings. The Balaban J connectivity index is 1.88. The average molecular weight is 240 g/mol. The zero-order chi connectivity index (χ0) is 12.4. The normalized spacial score (nSPS) is 18.3. The molecule has 0 saturated heterocycles. The number of aromatic nitrogens is 1. The molecule has 1 atom stereocenters. The van der Waals surface area contributed by atoms with Gasteiger partial charge in [0.05, 0.1) is 0 Å². The van der Waals surface area contributed by atoms with Crippen LogP contribution in [-0.2, 0) is 0 Å². The molecule has 2 aromatic rings. The Morgan fingerprint density at radius 2 is 1.94 bits per heavy atom. The lowest BCUT2D eigenvalue weighted by Gasteiger charge is -2.18. The van der Waals surface area contributed by atoms with Gasteiger partial charge in [0.1, 0.15) is 0 Å². The van der Waals surface area contributed by atoms with Gasteiger partial charge in [0.2, 0.25) is 0 Å². The summed E-state index contributed by atoms with van der Waals surface area (Å²) < 4.78 is 0. The molecule has 18 heavy (non-hydrogen) atoms. The summed E-state index contributed by atoms with van der Waals surface area (Å²) in [5, 5.41) is 2.45. The van der Waals surface area contributed by atoms with Crippen LogP contribution >= 0.6 is 0 Å². The second-order valence-electron chi connectivity index (χ2n) is 5.44. The van der Waals surface area contributed by atoms with Gasteiger partial charge in [-0.1, -0.05) is 49.9 Å². The molecule has 1 unspecified atom stereocenters. The van der Waals surface area contributed by atoms with E-state index in [9.17, 15) is 0 Å². The van der Waals surface area contributed by atoms with Crippen molar-refractivity contribution in [2.75, 3.05) is 0 Å². The maximum atomic E-state index is 6.40. The van der Waals surface area contributed by atoms with Gasteiger partial charge in [-0.25, -0.2) is 0 Å². The van der Waals surface area contributed by atoms with Crippen molar-refractivity contribution in [3.05, 3.63) is 42.2 Å². The third-order valence-electron chi connectivity index (χ3n) is 4.16. The second-order valence-corrected chi connectivity index (χ2v) is 5.44. The third-order valence-corrected chi connectivity index (χ3v) is 4.16. The van der Waals surface area contributed by atoms with Crippen molar-refractivity contribution < 1.29 is 0 Å². The number of rotatable bonds is 3. The number of nitrogens with zero attached hydrogens (tertiary/aromatic N) is 1. The van der Waals surface area contributed by atoms with Crippen molar-refractivity contribution in [2.45, 2.75) is 38.1 Å². The van der Waals surface area contributed by atoms with Crippen LogP contribution < -0.4 is 5.73 Å². The van der Waals surface area contributed by atoms with Gasteiger partial charge in [0.25, 0.3) is 0 Å². The third kappa shape index (κ3) is 2.25. The molecule has 0 radical (unpaired) electrons. The topological polar surface area (TPSA) is 38.9 Å². The van der Waals surface area contributed by atoms with Crippen molar-refractivity contribution in [3.63, 3.8) is 0 Å². The number of pyridine rings is 1. The molecule has 1 aliphatic carbocycles. The lowest BCUT2D eigenvalue weighted by Crippen LogP contribution is -2.14. The van der Waals surface area contributed by atoms with Gasteiger partial charge in [-0.3, -0.25) is 4.98 Å². The van der Waals surface area contributed by atoms with E-state index >= 15 is 0 Å². The summed E-state index contributed by atoms with van der Waals surface area (Å²) in [6.45, 7) is 0. The molecule has 94 valence electrons. The first kappa shape index (κ1) is 11.7. The molecular weight excluding hydrogens is 220 g/mol. The van der Waals surface area contributed by atoms with E-state index in [0.29, 0.717) is 0 Å². The lowest BCUT2D eigenvalue weighted by molar-refractivity contribution is 0.451. The molecule has 0 spiro atoms. The predicted molar refractivity (Wildman–Crippen MR) is 75.2 cm³/mol. The number of hydrogen-bond acceptors (Lipinski definition) is 2. The molecule has 2 heteroatoms. The minimum atomic E-state index is 0.131. The summed E-state index contributed by atoms with van der Waals surface area (Å²) in [5.74, 6) is 0.818. The molecule has 1 aromatic heterocycles. The Morgan fingerprint density at radius 1 is 1.17 bits per heavy atom. The van der Waals surface area contributed by atoms with Crippen molar-refractivity contribution >= 4 is 10.8 Å². The van der Waals surface area contributed by atoms with E-state index in [1.807, 2.05) is 12.4 Å². The van der Waals surface area contributed by atoms with Crippen molar-refractivity contribution in [1.82, 2.24) is 4.98 Å². The van der Waals surface area contributed by atoms with E-state index in [2.05, 4.69) is 29.2 Å². The van der Waals surface area contributed by atoms with E-state index in [4.69, 9.17) is 5.73 Å². The van der Waals surface area contributed by atoms with Gasteiger partial charge in [0, 0.05) is 23.8 Å². The summed E-state index contributed by atoms with van der Waals surface area (Å²) in [6.07, 6.45) is 10.4. The SMILES string of the molecule is NC(CC1CCCC1)c1cncc2ccccc12. The number of benzene rings is 1. The first-order chi connectivity index (χ1) is 8.84. The summed E-state index contributed by atoms with van der Waals surface area (Å²) in [4.78, 5) is 4.33. The Labute approximate surface area is 108 Å². The lowest BCUT2D eigenvalue weighted by atomic mass is 9.92. The molecule has 3 rings (SSSR count). The Kier molecular flexibility index (Phi) is 3.28. The standard InChI is InChI=1S/C16H20N2/c17-16(9-12-5-1-2-6-12)15-11-18-10-13-7-3-4-8-14(13)15/h3-4,7-8,10-12,16H,1-2,5-6,9,17H2. The van der Waals surface area contributed by atoms with Crippen molar-refractivity contribution in [1.29, 1.82) is 0 Å². The first-order valence-electron chi connectivity index (χ1n) is 6.93. The number of nitrogens with two attached hydrogens (primary N) is 1. The van der Waals surface area contributed by atoms with E-state index in [-0.39, 0.29) is 6.04 Å². The maximum Gasteiger partial charge on any atom is 0.0346 e. The zero-order valence-corrected chi connectivity index (χ0v) is 10.7. The summed E-state index contributed by atoms with van der Waals surface area (Å²) in [5.41, 5.74) is 7.61. The van der Waals surface area contributed by atoms with E-state index in [1.165, 1.54) is 42.0 Å². The predicted octanol–water partition coefficient (Wildman–Crippen LogP) is 3.81. The van der Waals surface area contributed by atoms with Crippen molar-refractivity contribution in [2.24, 2.45) is 11.7 Å². The molecule has 0 amide bonds. The monoisotopic (exact) mass is 240 g/mol. The van der Waals surface area contributed by atoms with E-state index in [1.54, 1.807) is 0 Å². The van der Waals surface area contributed by atoms with Crippen LogP contribution in [0, 0.1) is 5.92 Å². The van der Waals surface area contributed by atoms with Crippen LogP contribution in [0.3, 0.4) is 0 Å². The molecule has 0 aliphatic heterocycles. The molecule has 1 saturated carbocycles. The largest absolute Gasteiger partial charge is 0.324 e. The summed E-state index contributed by atoms with van der Waals surface area (Å²) >= 11 is 0. The van der Waals surface area contributed by atoms with Gasteiger partial charge in [-0.05, 0) is 23.3 Å². The Morgan fingerprint density at radius 3 is 2.78 bits per heavy atom. The van der Waals surface area contributed by atoms with Crippen LogP contribution in [0.5, 0.6) is 0 Å². The molecule has 1 heterocycles. The van der Waals surface area contributed by atoms with Crippen LogP contribution in [0.15, 0.2) is 36.7 Å². The average Bonchev–Trinajstić information content (AvgIpc) is 2.91. The summed E-state index contributed by atoms with van der Waals surface area (Å²) in [7, 11) is 0. The highest BCUT2D eigenvalue weighted by Gasteiger charge is 2.20. The van der Waals surface area contributed by atoms with Crippen LogP contribution in [0.2, 0.25) is 0 Å². The Bertz CT molecular complexity index is 524. The fourth-order valence-electron chi connectivity index (χ4n) is 3.17. The van der Waals surface area contributed by atoms with E-state index in [0.717, 1.165) is 12.3 Å². The van der Waals surface area contributed by atoms with Crippen molar-refractivity contribution in [3.8, 4) is 0 Å². The van der Waals surface area contributed by atoms with Gasteiger partial charge in [-0.15, -0.1) is 0 Å².